The summed E-state index contributed by atoms with van der Waals surface area (Å²) in [6.07, 6.45) is 0.698. The van der Waals surface area contributed by atoms with E-state index in [1.807, 2.05) is 14.0 Å². The molecule has 0 aromatic heterocycles. The van der Waals surface area contributed by atoms with Crippen molar-refractivity contribution >= 4 is 5.97 Å². The zero-order chi connectivity index (χ0) is 11.4. The van der Waals surface area contributed by atoms with E-state index in [1.165, 1.54) is 0 Å². The van der Waals surface area contributed by atoms with Gasteiger partial charge in [-0.1, -0.05) is 27.7 Å². The van der Waals surface area contributed by atoms with Crippen LogP contribution < -0.4 is 0 Å². The first kappa shape index (κ1) is 13.4. The van der Waals surface area contributed by atoms with Crippen LogP contribution >= 0.6 is 0 Å². The molecule has 0 radical (unpaired) electrons. The number of nitrogens with zero attached hydrogens (tertiary/aromatic N) is 1. The number of aliphatic carboxylic acids is 1. The third-order valence-corrected chi connectivity index (χ3v) is 2.12. The first-order chi connectivity index (χ1) is 6.26. The van der Waals surface area contributed by atoms with Gasteiger partial charge in [0.2, 0.25) is 0 Å². The number of carboxylic acids is 1. The van der Waals surface area contributed by atoms with Crippen LogP contribution in [0.25, 0.3) is 0 Å². The van der Waals surface area contributed by atoms with Gasteiger partial charge >= 0.3 is 5.97 Å². The molecule has 3 nitrogen and oxygen atoms in total. The monoisotopic (exact) mass is 201 g/mol. The normalized spacial score (nSPS) is 14.4. The van der Waals surface area contributed by atoms with Gasteiger partial charge in [0.15, 0.2) is 0 Å². The number of rotatable bonds is 5. The third-order valence-electron chi connectivity index (χ3n) is 2.12. The number of carbonyl (C=O) groups is 1. The van der Waals surface area contributed by atoms with Crippen molar-refractivity contribution in [3.05, 3.63) is 0 Å². The summed E-state index contributed by atoms with van der Waals surface area (Å²) < 4.78 is 0. The van der Waals surface area contributed by atoms with Gasteiger partial charge in [0.05, 0.1) is 5.92 Å². The number of carboxylic acid groups (broad SMARTS) is 1. The van der Waals surface area contributed by atoms with Crippen molar-refractivity contribution in [1.82, 2.24) is 4.90 Å². The molecule has 0 aliphatic rings. The molecule has 0 aliphatic heterocycles. The van der Waals surface area contributed by atoms with E-state index in [4.69, 9.17) is 5.11 Å². The lowest BCUT2D eigenvalue weighted by molar-refractivity contribution is -0.142. The van der Waals surface area contributed by atoms with Gasteiger partial charge in [0, 0.05) is 13.1 Å². The predicted octanol–water partition coefficient (Wildman–Crippen LogP) is 2.08. The molecule has 0 rings (SSSR count). The zero-order valence-corrected chi connectivity index (χ0v) is 10.0. The highest BCUT2D eigenvalue weighted by atomic mass is 16.4. The Labute approximate surface area is 87.1 Å². The van der Waals surface area contributed by atoms with Crippen LogP contribution in [-0.2, 0) is 4.79 Å². The van der Waals surface area contributed by atoms with Crippen LogP contribution in [0.1, 0.15) is 34.1 Å². The van der Waals surface area contributed by atoms with Crippen molar-refractivity contribution < 1.29 is 9.90 Å². The Hall–Kier alpha value is -0.570. The second kappa shape index (κ2) is 5.35. The molecule has 1 N–H and O–H groups in total. The molecule has 1 atom stereocenters. The second-order valence-electron chi connectivity index (χ2n) is 5.20. The fourth-order valence-corrected chi connectivity index (χ4v) is 1.63. The van der Waals surface area contributed by atoms with Gasteiger partial charge in [-0.05, 0) is 18.9 Å². The van der Waals surface area contributed by atoms with E-state index in [0.717, 1.165) is 6.54 Å². The van der Waals surface area contributed by atoms with Crippen molar-refractivity contribution in [3.8, 4) is 0 Å². The Morgan fingerprint density at radius 2 is 1.93 bits per heavy atom. The fraction of sp³-hybridized carbons (Fsp3) is 0.909. The van der Waals surface area contributed by atoms with E-state index in [1.54, 1.807) is 0 Å². The summed E-state index contributed by atoms with van der Waals surface area (Å²) in [7, 11) is 1.98. The molecule has 0 saturated carbocycles. The standard InChI is InChI=1S/C11H23NO2/c1-6-9(10(13)14)7-12(5)8-11(2,3)4/h9H,6-8H2,1-5H3,(H,13,14). The van der Waals surface area contributed by atoms with Gasteiger partial charge in [-0.25, -0.2) is 0 Å². The van der Waals surface area contributed by atoms with Crippen LogP contribution in [0, 0.1) is 11.3 Å². The lowest BCUT2D eigenvalue weighted by Crippen LogP contribution is -2.35. The molecule has 0 aromatic carbocycles. The van der Waals surface area contributed by atoms with Gasteiger partial charge < -0.3 is 10.0 Å². The second-order valence-corrected chi connectivity index (χ2v) is 5.20. The van der Waals surface area contributed by atoms with Crippen LogP contribution in [0.2, 0.25) is 0 Å². The summed E-state index contributed by atoms with van der Waals surface area (Å²) in [4.78, 5) is 12.9. The molecule has 0 amide bonds. The van der Waals surface area contributed by atoms with Crippen LogP contribution in [-0.4, -0.2) is 36.1 Å². The maximum atomic E-state index is 10.8. The van der Waals surface area contributed by atoms with Crippen LogP contribution in [0.5, 0.6) is 0 Å². The molecule has 0 aliphatic carbocycles. The summed E-state index contributed by atoms with van der Waals surface area (Å²) in [5.74, 6) is -0.921. The highest BCUT2D eigenvalue weighted by Crippen LogP contribution is 2.15. The minimum absolute atomic E-state index is 0.228. The molecule has 0 aromatic rings. The lowest BCUT2D eigenvalue weighted by Gasteiger charge is -2.28. The van der Waals surface area contributed by atoms with Crippen molar-refractivity contribution in [1.29, 1.82) is 0 Å². The van der Waals surface area contributed by atoms with E-state index in [0.29, 0.717) is 13.0 Å². The van der Waals surface area contributed by atoms with Crippen molar-refractivity contribution in [2.24, 2.45) is 11.3 Å². The van der Waals surface area contributed by atoms with E-state index in [-0.39, 0.29) is 11.3 Å². The fourth-order valence-electron chi connectivity index (χ4n) is 1.63. The largest absolute Gasteiger partial charge is 0.481 e. The Balaban J connectivity index is 4.03. The molecule has 1 unspecified atom stereocenters. The topological polar surface area (TPSA) is 40.5 Å². The molecule has 84 valence electrons. The average Bonchev–Trinajstić information content (AvgIpc) is 1.96. The first-order valence-electron chi connectivity index (χ1n) is 5.17. The quantitative estimate of drug-likeness (QED) is 0.740. The van der Waals surface area contributed by atoms with Crippen molar-refractivity contribution in [3.63, 3.8) is 0 Å². The Kier molecular flexibility index (Phi) is 5.13. The first-order valence-corrected chi connectivity index (χ1v) is 5.17. The van der Waals surface area contributed by atoms with Gasteiger partial charge in [-0.15, -0.1) is 0 Å². The molecule has 0 fully saturated rings. The Bertz CT molecular complexity index is 184. The maximum absolute atomic E-state index is 10.8. The van der Waals surface area contributed by atoms with Crippen LogP contribution in [0.15, 0.2) is 0 Å². The smallest absolute Gasteiger partial charge is 0.307 e. The number of hydrogen-bond donors (Lipinski definition) is 1. The highest BCUT2D eigenvalue weighted by molar-refractivity contribution is 5.70. The van der Waals surface area contributed by atoms with Gasteiger partial charge in [0.25, 0.3) is 0 Å². The SMILES string of the molecule is CCC(CN(C)CC(C)(C)C)C(=O)O. The maximum Gasteiger partial charge on any atom is 0.307 e. The average molecular weight is 201 g/mol. The molecule has 0 spiro atoms. The van der Waals surface area contributed by atoms with Gasteiger partial charge in [-0.3, -0.25) is 4.79 Å². The van der Waals surface area contributed by atoms with Crippen molar-refractivity contribution in [2.45, 2.75) is 34.1 Å². The van der Waals surface area contributed by atoms with Gasteiger partial charge in [-0.2, -0.15) is 0 Å². The summed E-state index contributed by atoms with van der Waals surface area (Å²) in [5, 5.41) is 8.89. The molecule has 0 bridgehead atoms. The minimum atomic E-state index is -0.687. The number of hydrogen-bond acceptors (Lipinski definition) is 2. The van der Waals surface area contributed by atoms with E-state index in [9.17, 15) is 4.79 Å². The Morgan fingerprint density at radius 1 is 1.43 bits per heavy atom. The predicted molar refractivity (Wildman–Crippen MR) is 58.4 cm³/mol. The summed E-state index contributed by atoms with van der Waals surface area (Å²) in [6, 6.07) is 0. The minimum Gasteiger partial charge on any atom is -0.481 e. The molecule has 3 heteroatoms. The summed E-state index contributed by atoms with van der Waals surface area (Å²) >= 11 is 0. The van der Waals surface area contributed by atoms with Crippen LogP contribution in [0.4, 0.5) is 0 Å². The molecule has 14 heavy (non-hydrogen) atoms. The van der Waals surface area contributed by atoms with E-state index < -0.39 is 5.97 Å². The lowest BCUT2D eigenvalue weighted by atomic mass is 9.95. The summed E-state index contributed by atoms with van der Waals surface area (Å²) in [6.45, 7) is 9.96. The van der Waals surface area contributed by atoms with E-state index in [2.05, 4.69) is 25.7 Å². The third kappa shape index (κ3) is 5.97. The zero-order valence-electron chi connectivity index (χ0n) is 10.0. The highest BCUT2D eigenvalue weighted by Gasteiger charge is 2.20. The van der Waals surface area contributed by atoms with Crippen molar-refractivity contribution in [2.75, 3.05) is 20.1 Å². The van der Waals surface area contributed by atoms with E-state index >= 15 is 0 Å². The Morgan fingerprint density at radius 3 is 2.21 bits per heavy atom. The molecular formula is C11H23NO2. The summed E-state index contributed by atoms with van der Waals surface area (Å²) in [5.41, 5.74) is 0.228. The molecular weight excluding hydrogens is 178 g/mol. The molecule has 0 saturated heterocycles. The molecule has 0 heterocycles. The van der Waals surface area contributed by atoms with Crippen LogP contribution in [0.3, 0.4) is 0 Å². The van der Waals surface area contributed by atoms with Gasteiger partial charge in [0.1, 0.15) is 0 Å².